The Balaban J connectivity index is 2.05. The van der Waals surface area contributed by atoms with E-state index < -0.39 is 6.10 Å². The van der Waals surface area contributed by atoms with Crippen molar-refractivity contribution in [2.45, 2.75) is 45.1 Å². The number of H-pyrrole nitrogens is 1. The van der Waals surface area contributed by atoms with Gasteiger partial charge in [-0.05, 0) is 36.0 Å². The Bertz CT molecular complexity index is 587. The Morgan fingerprint density at radius 1 is 1.32 bits per heavy atom. The molecule has 1 unspecified atom stereocenters. The van der Waals surface area contributed by atoms with Crippen LogP contribution >= 0.6 is 11.6 Å². The van der Waals surface area contributed by atoms with Gasteiger partial charge in [0, 0.05) is 10.4 Å². The molecule has 19 heavy (non-hydrogen) atoms. The molecular formula is C15H19ClN2O. The second kappa shape index (κ2) is 4.80. The molecule has 0 bridgehead atoms. The molecule has 3 nitrogen and oxygen atoms in total. The SMILES string of the molecule is CC1(C(O)c2cc(Cl)cc3[nH]ncc23)CCCCC1. The van der Waals surface area contributed by atoms with Crippen molar-refractivity contribution in [2.24, 2.45) is 5.41 Å². The first kappa shape index (κ1) is 12.9. The number of aliphatic hydroxyl groups excluding tert-OH is 1. The lowest BCUT2D eigenvalue weighted by atomic mass is 9.69. The molecule has 1 fully saturated rings. The molecule has 2 aromatic rings. The summed E-state index contributed by atoms with van der Waals surface area (Å²) in [7, 11) is 0. The van der Waals surface area contributed by atoms with Crippen molar-refractivity contribution in [1.82, 2.24) is 10.2 Å². The van der Waals surface area contributed by atoms with Crippen LogP contribution in [0.2, 0.25) is 5.02 Å². The van der Waals surface area contributed by atoms with Crippen LogP contribution in [0.4, 0.5) is 0 Å². The van der Waals surface area contributed by atoms with Crippen LogP contribution in [0.3, 0.4) is 0 Å². The van der Waals surface area contributed by atoms with E-state index in [4.69, 9.17) is 11.6 Å². The molecule has 3 rings (SSSR count). The monoisotopic (exact) mass is 278 g/mol. The molecule has 1 aromatic carbocycles. The zero-order chi connectivity index (χ0) is 13.5. The molecule has 1 heterocycles. The van der Waals surface area contributed by atoms with Crippen molar-refractivity contribution in [3.8, 4) is 0 Å². The summed E-state index contributed by atoms with van der Waals surface area (Å²) >= 11 is 6.15. The van der Waals surface area contributed by atoms with Crippen LogP contribution in [0, 0.1) is 5.41 Å². The standard InChI is InChI=1S/C15H19ClN2O/c1-15(5-3-2-4-6-15)14(19)11-7-10(16)8-13-12(11)9-17-18-13/h7-9,14,19H,2-6H2,1H3,(H,17,18). The van der Waals surface area contributed by atoms with Crippen LogP contribution < -0.4 is 0 Å². The van der Waals surface area contributed by atoms with Crippen molar-refractivity contribution in [3.05, 3.63) is 28.9 Å². The Morgan fingerprint density at radius 3 is 2.79 bits per heavy atom. The average molecular weight is 279 g/mol. The number of aromatic amines is 1. The molecule has 1 aliphatic rings. The maximum absolute atomic E-state index is 10.8. The van der Waals surface area contributed by atoms with Crippen LogP contribution in [0.25, 0.3) is 10.9 Å². The number of rotatable bonds is 2. The van der Waals surface area contributed by atoms with Gasteiger partial charge in [0.2, 0.25) is 0 Å². The third-order valence-corrected chi connectivity index (χ3v) is 4.72. The molecule has 102 valence electrons. The van der Waals surface area contributed by atoms with E-state index in [-0.39, 0.29) is 5.41 Å². The summed E-state index contributed by atoms with van der Waals surface area (Å²) in [5, 5.41) is 19.4. The van der Waals surface area contributed by atoms with Gasteiger partial charge in [0.15, 0.2) is 0 Å². The molecule has 0 saturated heterocycles. The van der Waals surface area contributed by atoms with Gasteiger partial charge in [-0.15, -0.1) is 0 Å². The van der Waals surface area contributed by atoms with Crippen LogP contribution in [-0.4, -0.2) is 15.3 Å². The van der Waals surface area contributed by atoms with E-state index in [1.165, 1.54) is 19.3 Å². The minimum Gasteiger partial charge on any atom is -0.388 e. The molecule has 4 heteroatoms. The minimum atomic E-state index is -0.480. The van der Waals surface area contributed by atoms with Gasteiger partial charge in [-0.2, -0.15) is 5.10 Å². The fourth-order valence-corrected chi connectivity index (χ4v) is 3.50. The van der Waals surface area contributed by atoms with Gasteiger partial charge < -0.3 is 5.11 Å². The van der Waals surface area contributed by atoms with Crippen LogP contribution in [-0.2, 0) is 0 Å². The predicted molar refractivity (Wildman–Crippen MR) is 77.3 cm³/mol. The van der Waals surface area contributed by atoms with Crippen molar-refractivity contribution < 1.29 is 5.11 Å². The van der Waals surface area contributed by atoms with Crippen LogP contribution in [0.5, 0.6) is 0 Å². The topological polar surface area (TPSA) is 48.9 Å². The van der Waals surface area contributed by atoms with E-state index in [1.54, 1.807) is 6.20 Å². The molecule has 2 N–H and O–H groups in total. The molecule has 1 aliphatic carbocycles. The number of aromatic nitrogens is 2. The van der Waals surface area contributed by atoms with E-state index >= 15 is 0 Å². The highest BCUT2D eigenvalue weighted by Gasteiger charge is 2.36. The first-order valence-corrected chi connectivity index (χ1v) is 7.28. The zero-order valence-corrected chi connectivity index (χ0v) is 11.9. The van der Waals surface area contributed by atoms with E-state index in [9.17, 15) is 5.11 Å². The lowest BCUT2D eigenvalue weighted by molar-refractivity contribution is 0.00920. The normalized spacial score (nSPS) is 20.6. The van der Waals surface area contributed by atoms with E-state index in [0.717, 1.165) is 29.3 Å². The maximum Gasteiger partial charge on any atom is 0.0851 e. The Labute approximate surface area is 118 Å². The number of fused-ring (bicyclic) bond motifs is 1. The van der Waals surface area contributed by atoms with Crippen LogP contribution in [0.1, 0.15) is 50.7 Å². The van der Waals surface area contributed by atoms with Crippen LogP contribution in [0.15, 0.2) is 18.3 Å². The number of hydrogen-bond acceptors (Lipinski definition) is 2. The molecule has 1 saturated carbocycles. The van der Waals surface area contributed by atoms with Gasteiger partial charge in [-0.25, -0.2) is 0 Å². The number of hydrogen-bond donors (Lipinski definition) is 2. The number of nitrogens with zero attached hydrogens (tertiary/aromatic N) is 1. The fourth-order valence-electron chi connectivity index (χ4n) is 3.28. The Kier molecular flexibility index (Phi) is 3.27. The van der Waals surface area contributed by atoms with Gasteiger partial charge in [0.25, 0.3) is 0 Å². The van der Waals surface area contributed by atoms with Gasteiger partial charge in [-0.1, -0.05) is 37.8 Å². The van der Waals surface area contributed by atoms with E-state index in [2.05, 4.69) is 17.1 Å². The van der Waals surface area contributed by atoms with Gasteiger partial charge in [0.1, 0.15) is 0 Å². The molecule has 0 amide bonds. The molecule has 0 aliphatic heterocycles. The molecule has 1 atom stereocenters. The lowest BCUT2D eigenvalue weighted by Crippen LogP contribution is -2.28. The summed E-state index contributed by atoms with van der Waals surface area (Å²) in [6.07, 6.45) is 7.10. The molecular weight excluding hydrogens is 260 g/mol. The second-order valence-electron chi connectivity index (χ2n) is 5.94. The van der Waals surface area contributed by atoms with E-state index in [0.29, 0.717) is 5.02 Å². The highest BCUT2D eigenvalue weighted by molar-refractivity contribution is 6.31. The zero-order valence-electron chi connectivity index (χ0n) is 11.1. The van der Waals surface area contributed by atoms with Crippen molar-refractivity contribution in [2.75, 3.05) is 0 Å². The van der Waals surface area contributed by atoms with Gasteiger partial charge >= 0.3 is 0 Å². The quantitative estimate of drug-likeness (QED) is 0.864. The molecule has 0 radical (unpaired) electrons. The van der Waals surface area contributed by atoms with Gasteiger partial charge in [-0.3, -0.25) is 5.10 Å². The fraction of sp³-hybridized carbons (Fsp3) is 0.533. The molecule has 0 spiro atoms. The van der Waals surface area contributed by atoms with Crippen molar-refractivity contribution >= 4 is 22.5 Å². The van der Waals surface area contributed by atoms with Crippen molar-refractivity contribution in [1.29, 1.82) is 0 Å². The largest absolute Gasteiger partial charge is 0.388 e. The smallest absolute Gasteiger partial charge is 0.0851 e. The van der Waals surface area contributed by atoms with Crippen molar-refractivity contribution in [3.63, 3.8) is 0 Å². The maximum atomic E-state index is 10.8. The average Bonchev–Trinajstić information content (AvgIpc) is 2.85. The van der Waals surface area contributed by atoms with E-state index in [1.807, 2.05) is 12.1 Å². The minimum absolute atomic E-state index is 0.0485. The first-order chi connectivity index (χ1) is 9.10. The summed E-state index contributed by atoms with van der Waals surface area (Å²) in [5.74, 6) is 0. The number of benzene rings is 1. The number of aliphatic hydroxyl groups is 1. The van der Waals surface area contributed by atoms with Gasteiger partial charge in [0.05, 0.1) is 17.8 Å². The molecule has 1 aromatic heterocycles. The number of nitrogens with one attached hydrogen (secondary N) is 1. The number of halogens is 1. The summed E-state index contributed by atoms with van der Waals surface area (Å²) in [4.78, 5) is 0. The first-order valence-electron chi connectivity index (χ1n) is 6.91. The highest BCUT2D eigenvalue weighted by Crippen LogP contribution is 2.47. The summed E-state index contributed by atoms with van der Waals surface area (Å²) in [6.45, 7) is 2.18. The third kappa shape index (κ3) is 2.26. The highest BCUT2D eigenvalue weighted by atomic mass is 35.5. The summed E-state index contributed by atoms with van der Waals surface area (Å²) < 4.78 is 0. The summed E-state index contributed by atoms with van der Waals surface area (Å²) in [6, 6.07) is 3.73. The Hall–Kier alpha value is -1.06. The summed E-state index contributed by atoms with van der Waals surface area (Å²) in [5.41, 5.74) is 1.74. The second-order valence-corrected chi connectivity index (χ2v) is 6.38. The lowest BCUT2D eigenvalue weighted by Gasteiger charge is -2.38. The third-order valence-electron chi connectivity index (χ3n) is 4.51. The Morgan fingerprint density at radius 2 is 2.05 bits per heavy atom. The predicted octanol–water partition coefficient (Wildman–Crippen LogP) is 4.22.